The summed E-state index contributed by atoms with van der Waals surface area (Å²) in [6.07, 6.45) is 3.79. The lowest BCUT2D eigenvalue weighted by molar-refractivity contribution is 0.158. The fourth-order valence-corrected chi connectivity index (χ4v) is 1.31. The molecule has 2 nitrogen and oxygen atoms in total. The molecular weight excluding hydrogens is 164 g/mol. The van der Waals surface area contributed by atoms with Crippen LogP contribution in [0.3, 0.4) is 0 Å². The lowest BCUT2D eigenvalue weighted by Gasteiger charge is -2.27. The van der Waals surface area contributed by atoms with Gasteiger partial charge in [-0.1, -0.05) is 0 Å². The van der Waals surface area contributed by atoms with E-state index in [4.69, 9.17) is 4.74 Å². The molecule has 1 aliphatic heterocycles. The number of phenolic OH excluding ortho intramolecular Hbond substituents is 1. The van der Waals surface area contributed by atoms with Gasteiger partial charge >= 0.3 is 0 Å². The van der Waals surface area contributed by atoms with Crippen LogP contribution in [0.15, 0.2) is 18.2 Å². The molecular formula is C11H11O2. The minimum atomic E-state index is -0.308. The Balaban J connectivity index is 2.53. The number of aromatic hydroxyl groups is 1. The summed E-state index contributed by atoms with van der Waals surface area (Å²) in [4.78, 5) is 0. The summed E-state index contributed by atoms with van der Waals surface area (Å²) in [5.41, 5.74) is 0.402. The van der Waals surface area contributed by atoms with Gasteiger partial charge in [0, 0.05) is 6.07 Å². The van der Waals surface area contributed by atoms with Crippen molar-refractivity contribution >= 4 is 6.08 Å². The molecule has 1 radical (unpaired) electrons. The third kappa shape index (κ3) is 1.39. The van der Waals surface area contributed by atoms with E-state index in [1.165, 1.54) is 0 Å². The summed E-state index contributed by atoms with van der Waals surface area (Å²) in [6, 6.07) is 6.21. The first-order valence-electron chi connectivity index (χ1n) is 4.20. The molecule has 0 spiro atoms. The van der Waals surface area contributed by atoms with Crippen molar-refractivity contribution in [3.05, 3.63) is 29.8 Å². The minimum Gasteiger partial charge on any atom is -0.507 e. The monoisotopic (exact) mass is 175 g/mol. The Bertz CT molecular complexity index is 364. The van der Waals surface area contributed by atoms with Crippen molar-refractivity contribution in [3.8, 4) is 11.5 Å². The SMILES string of the molecule is CC1(C)C=Cc2c([c]ccc2O)O1. The number of benzene rings is 1. The van der Waals surface area contributed by atoms with Gasteiger partial charge in [0.15, 0.2) is 0 Å². The molecule has 0 aliphatic carbocycles. The van der Waals surface area contributed by atoms with Crippen molar-refractivity contribution < 1.29 is 9.84 Å². The fourth-order valence-electron chi connectivity index (χ4n) is 1.31. The number of hydrogen-bond donors (Lipinski definition) is 1. The number of rotatable bonds is 0. The summed E-state index contributed by atoms with van der Waals surface area (Å²) in [6.45, 7) is 3.93. The molecule has 1 N–H and O–H groups in total. The van der Waals surface area contributed by atoms with Crippen molar-refractivity contribution in [1.82, 2.24) is 0 Å². The highest BCUT2D eigenvalue weighted by molar-refractivity contribution is 5.66. The maximum Gasteiger partial charge on any atom is 0.139 e. The first kappa shape index (κ1) is 8.17. The maximum absolute atomic E-state index is 9.48. The predicted molar refractivity (Wildman–Crippen MR) is 50.7 cm³/mol. The zero-order valence-electron chi connectivity index (χ0n) is 7.66. The smallest absolute Gasteiger partial charge is 0.139 e. The van der Waals surface area contributed by atoms with E-state index in [2.05, 4.69) is 6.07 Å². The van der Waals surface area contributed by atoms with Crippen molar-refractivity contribution in [2.45, 2.75) is 19.4 Å². The zero-order valence-corrected chi connectivity index (χ0v) is 7.66. The summed E-state index contributed by atoms with van der Waals surface area (Å²) >= 11 is 0. The van der Waals surface area contributed by atoms with Gasteiger partial charge in [0.1, 0.15) is 17.1 Å². The predicted octanol–water partition coefficient (Wildman–Crippen LogP) is 2.38. The average molecular weight is 175 g/mol. The zero-order chi connectivity index (χ0) is 9.47. The van der Waals surface area contributed by atoms with Crippen LogP contribution in [0.1, 0.15) is 19.4 Å². The molecule has 0 fully saturated rings. The lowest BCUT2D eigenvalue weighted by atomic mass is 10.0. The second kappa shape index (κ2) is 2.52. The first-order valence-corrected chi connectivity index (χ1v) is 4.20. The molecule has 0 saturated heterocycles. The van der Waals surface area contributed by atoms with E-state index >= 15 is 0 Å². The Hall–Kier alpha value is -1.44. The highest BCUT2D eigenvalue weighted by Crippen LogP contribution is 2.35. The fraction of sp³-hybridized carbons (Fsp3) is 0.273. The Morgan fingerprint density at radius 1 is 1.46 bits per heavy atom. The normalized spacial score (nSPS) is 17.7. The average Bonchev–Trinajstić information content (AvgIpc) is 2.02. The highest BCUT2D eigenvalue weighted by Gasteiger charge is 2.22. The standard InChI is InChI=1S/C11H11O2/c1-11(2)7-6-8-9(12)4-3-5-10(8)13-11/h3-4,6-7,12H,1-2H3. The third-order valence-electron chi connectivity index (χ3n) is 1.99. The number of hydrogen-bond acceptors (Lipinski definition) is 2. The Morgan fingerprint density at radius 3 is 3.00 bits per heavy atom. The largest absolute Gasteiger partial charge is 0.507 e. The number of phenols is 1. The van der Waals surface area contributed by atoms with E-state index in [0.717, 1.165) is 0 Å². The van der Waals surface area contributed by atoms with Gasteiger partial charge < -0.3 is 9.84 Å². The van der Waals surface area contributed by atoms with E-state index in [0.29, 0.717) is 11.3 Å². The summed E-state index contributed by atoms with van der Waals surface area (Å²) < 4.78 is 5.60. The summed E-state index contributed by atoms with van der Waals surface area (Å²) in [5.74, 6) is 0.855. The van der Waals surface area contributed by atoms with Crippen LogP contribution in [0.25, 0.3) is 6.08 Å². The first-order chi connectivity index (χ1) is 6.08. The molecule has 0 saturated carbocycles. The molecule has 1 heterocycles. The molecule has 1 aliphatic rings. The van der Waals surface area contributed by atoms with Crippen LogP contribution in [0.2, 0.25) is 0 Å². The molecule has 0 bridgehead atoms. The van der Waals surface area contributed by atoms with Gasteiger partial charge in [0.25, 0.3) is 0 Å². The van der Waals surface area contributed by atoms with E-state index < -0.39 is 0 Å². The molecule has 2 heteroatoms. The molecule has 0 amide bonds. The van der Waals surface area contributed by atoms with Crippen molar-refractivity contribution in [1.29, 1.82) is 0 Å². The molecule has 0 atom stereocenters. The van der Waals surface area contributed by atoms with Gasteiger partial charge in [-0.2, -0.15) is 0 Å². The van der Waals surface area contributed by atoms with Gasteiger partial charge in [0.05, 0.1) is 5.56 Å². The van der Waals surface area contributed by atoms with E-state index in [1.54, 1.807) is 12.1 Å². The molecule has 2 rings (SSSR count). The summed E-state index contributed by atoms with van der Waals surface area (Å²) in [7, 11) is 0. The maximum atomic E-state index is 9.48. The molecule has 1 aromatic rings. The number of fused-ring (bicyclic) bond motifs is 1. The van der Waals surface area contributed by atoms with Crippen molar-refractivity contribution in [2.24, 2.45) is 0 Å². The molecule has 1 aromatic carbocycles. The Morgan fingerprint density at radius 2 is 2.23 bits per heavy atom. The number of ether oxygens (including phenoxy) is 1. The molecule has 13 heavy (non-hydrogen) atoms. The van der Waals surface area contributed by atoms with Gasteiger partial charge in [-0.15, -0.1) is 0 Å². The van der Waals surface area contributed by atoms with E-state index in [1.807, 2.05) is 26.0 Å². The van der Waals surface area contributed by atoms with Crippen LogP contribution in [-0.2, 0) is 0 Å². The highest BCUT2D eigenvalue weighted by atomic mass is 16.5. The van der Waals surface area contributed by atoms with E-state index in [-0.39, 0.29) is 11.4 Å². The van der Waals surface area contributed by atoms with Crippen LogP contribution >= 0.6 is 0 Å². The molecule has 67 valence electrons. The Kier molecular flexibility index (Phi) is 1.59. The topological polar surface area (TPSA) is 29.5 Å². The van der Waals surface area contributed by atoms with Crippen LogP contribution in [0.4, 0.5) is 0 Å². The van der Waals surface area contributed by atoms with Crippen molar-refractivity contribution in [2.75, 3.05) is 0 Å². The quantitative estimate of drug-likeness (QED) is 0.656. The van der Waals surface area contributed by atoms with Crippen LogP contribution in [0, 0.1) is 6.07 Å². The van der Waals surface area contributed by atoms with Gasteiger partial charge in [-0.3, -0.25) is 0 Å². The Labute approximate surface area is 77.5 Å². The van der Waals surface area contributed by atoms with E-state index in [9.17, 15) is 5.11 Å². The summed E-state index contributed by atoms with van der Waals surface area (Å²) in [5, 5.41) is 9.48. The molecule has 0 aromatic heterocycles. The van der Waals surface area contributed by atoms with Gasteiger partial charge in [-0.05, 0) is 38.1 Å². The second-order valence-electron chi connectivity index (χ2n) is 3.64. The van der Waals surface area contributed by atoms with Gasteiger partial charge in [0.2, 0.25) is 0 Å². The van der Waals surface area contributed by atoms with Gasteiger partial charge in [-0.25, -0.2) is 0 Å². The second-order valence-corrected chi connectivity index (χ2v) is 3.64. The van der Waals surface area contributed by atoms with Crippen LogP contribution < -0.4 is 4.74 Å². The van der Waals surface area contributed by atoms with Crippen LogP contribution in [0.5, 0.6) is 11.5 Å². The van der Waals surface area contributed by atoms with Crippen molar-refractivity contribution in [3.63, 3.8) is 0 Å². The van der Waals surface area contributed by atoms with Crippen LogP contribution in [-0.4, -0.2) is 10.7 Å². The molecule has 0 unspecified atom stereocenters. The third-order valence-corrected chi connectivity index (χ3v) is 1.99. The minimum absolute atomic E-state index is 0.237. The lowest BCUT2D eigenvalue weighted by Crippen LogP contribution is -2.27.